The number of hydrogen-bond acceptors (Lipinski definition) is 11. The Morgan fingerprint density at radius 3 is 2.00 bits per heavy atom. The first-order chi connectivity index (χ1) is 26.6. The molecular formula is C38H34Cl2N10O5. The Morgan fingerprint density at radius 2 is 1.36 bits per heavy atom. The van der Waals surface area contributed by atoms with Gasteiger partial charge in [0, 0.05) is 47.9 Å². The van der Waals surface area contributed by atoms with Crippen molar-refractivity contribution in [3.05, 3.63) is 157 Å². The van der Waals surface area contributed by atoms with Gasteiger partial charge < -0.3 is 46.8 Å². The molecule has 0 saturated carbocycles. The number of aliphatic hydroxyl groups is 2. The van der Waals surface area contributed by atoms with Gasteiger partial charge in [-0.2, -0.15) is 0 Å². The third-order valence-electron chi connectivity index (χ3n) is 8.21. The number of imidazole rings is 1. The van der Waals surface area contributed by atoms with Crippen LogP contribution in [0.5, 0.6) is 0 Å². The van der Waals surface area contributed by atoms with Gasteiger partial charge >= 0.3 is 0 Å². The highest BCUT2D eigenvalue weighted by molar-refractivity contribution is 6.30. The summed E-state index contributed by atoms with van der Waals surface area (Å²) in [6.07, 6.45) is 7.46. The third-order valence-corrected chi connectivity index (χ3v) is 8.68. The lowest BCUT2D eigenvalue weighted by Gasteiger charge is -2.15. The van der Waals surface area contributed by atoms with Gasteiger partial charge in [-0.15, -0.1) is 0 Å². The maximum Gasteiger partial charge on any atom is 0.263 e. The summed E-state index contributed by atoms with van der Waals surface area (Å²) in [4.78, 5) is 57.9. The van der Waals surface area contributed by atoms with E-state index in [0.29, 0.717) is 55.1 Å². The predicted octanol–water partition coefficient (Wildman–Crippen LogP) is 5.52. The molecule has 7 rings (SSSR count). The standard InChI is InChI=1S/C19H18ClN5O3.C19H16ClN5O2/c20-12-3-1-2-11(8-12)16(26)10-24-14-5-7-23-18(27)17(14)19(28)25-15-9-22-6-4-13(15)21;20-12-3-1-2-11(8-12)16(26)10-23-14-5-7-22-19(27)17(14)18-24-13-4-6-21-9-15(13)25-18/h1-9,16,26H,10H2,(H2,21,22)(H,25,28)(H2,23,24,27);1-9,16,26H,10H2,(H,24,25)(H2,22,23,27). The summed E-state index contributed by atoms with van der Waals surface area (Å²) in [6, 6.07) is 20.4. The number of aliphatic hydroxyl groups excluding tert-OH is 2. The normalized spacial score (nSPS) is 11.9. The van der Waals surface area contributed by atoms with E-state index in [9.17, 15) is 24.6 Å². The molecule has 2 aromatic carbocycles. The van der Waals surface area contributed by atoms with Crippen molar-refractivity contribution in [3.8, 4) is 11.4 Å². The number of rotatable bonds is 11. The van der Waals surface area contributed by atoms with Crippen LogP contribution in [0.15, 0.2) is 120 Å². The first-order valence-corrected chi connectivity index (χ1v) is 17.4. The summed E-state index contributed by atoms with van der Waals surface area (Å²) in [5.41, 5.74) is 9.36. The van der Waals surface area contributed by atoms with Gasteiger partial charge in [0.25, 0.3) is 17.0 Å². The monoisotopic (exact) mass is 780 g/mol. The Kier molecular flexibility index (Phi) is 12.2. The SMILES string of the molecule is Nc1ccncc1NC(=O)c1c(NCC(O)c2cccc(Cl)c2)cc[nH]c1=O.O=c1[nH]ccc(NCC(O)c2cccc(Cl)c2)c1-c1nc2ccncc2[nH]1. The molecule has 1 amide bonds. The van der Waals surface area contributed by atoms with Crippen LogP contribution in [-0.4, -0.2) is 59.1 Å². The van der Waals surface area contributed by atoms with Crippen LogP contribution in [0.3, 0.4) is 0 Å². The highest BCUT2D eigenvalue weighted by Gasteiger charge is 2.19. The minimum absolute atomic E-state index is 0.0686. The second-order valence-corrected chi connectivity index (χ2v) is 12.9. The van der Waals surface area contributed by atoms with Gasteiger partial charge in [-0.05, 0) is 59.7 Å². The van der Waals surface area contributed by atoms with Crippen LogP contribution in [0.25, 0.3) is 22.4 Å². The van der Waals surface area contributed by atoms with Gasteiger partial charge in [-0.1, -0.05) is 47.5 Å². The molecule has 0 radical (unpaired) electrons. The maximum absolute atomic E-state index is 12.6. The van der Waals surface area contributed by atoms with Crippen molar-refractivity contribution in [1.82, 2.24) is 29.9 Å². The topological polar surface area (TPSA) is 240 Å². The first-order valence-electron chi connectivity index (χ1n) is 16.7. The van der Waals surface area contributed by atoms with E-state index in [2.05, 4.69) is 45.9 Å². The quantitative estimate of drug-likeness (QED) is 0.0792. The number of nitrogen functional groups attached to an aromatic ring is 1. The molecule has 7 aromatic rings. The number of aromatic amines is 3. The Morgan fingerprint density at radius 1 is 0.764 bits per heavy atom. The van der Waals surface area contributed by atoms with E-state index in [1.54, 1.807) is 79.3 Å². The molecule has 280 valence electrons. The van der Waals surface area contributed by atoms with Crippen LogP contribution in [-0.2, 0) is 0 Å². The highest BCUT2D eigenvalue weighted by Crippen LogP contribution is 2.26. The van der Waals surface area contributed by atoms with Crippen LogP contribution in [0.4, 0.5) is 22.7 Å². The lowest BCUT2D eigenvalue weighted by atomic mass is 10.1. The largest absolute Gasteiger partial charge is 0.397 e. The number of pyridine rings is 4. The fraction of sp³-hybridized carbons (Fsp3) is 0.105. The number of aromatic nitrogens is 6. The number of amides is 1. The molecule has 2 atom stereocenters. The lowest BCUT2D eigenvalue weighted by Crippen LogP contribution is -2.26. The van der Waals surface area contributed by atoms with E-state index >= 15 is 0 Å². The number of nitrogens with two attached hydrogens (primary N) is 1. The second kappa shape index (κ2) is 17.5. The number of nitrogens with one attached hydrogen (secondary N) is 6. The van der Waals surface area contributed by atoms with Crippen molar-refractivity contribution in [2.75, 3.05) is 34.8 Å². The summed E-state index contributed by atoms with van der Waals surface area (Å²) < 4.78 is 0. The summed E-state index contributed by atoms with van der Waals surface area (Å²) >= 11 is 11.9. The molecule has 0 spiro atoms. The number of nitrogens with zero attached hydrogens (tertiary/aromatic N) is 3. The van der Waals surface area contributed by atoms with Crippen LogP contribution >= 0.6 is 23.2 Å². The van der Waals surface area contributed by atoms with E-state index in [4.69, 9.17) is 28.9 Å². The summed E-state index contributed by atoms with van der Waals surface area (Å²) in [5.74, 6) is -0.221. The molecule has 0 bridgehead atoms. The smallest absolute Gasteiger partial charge is 0.263 e. The molecule has 0 aliphatic carbocycles. The molecule has 0 saturated heterocycles. The van der Waals surface area contributed by atoms with Crippen molar-refractivity contribution in [2.45, 2.75) is 12.2 Å². The maximum atomic E-state index is 12.6. The third kappa shape index (κ3) is 9.54. The van der Waals surface area contributed by atoms with Crippen molar-refractivity contribution in [2.24, 2.45) is 0 Å². The minimum atomic E-state index is -0.886. The number of benzene rings is 2. The van der Waals surface area contributed by atoms with Gasteiger partial charge in [0.1, 0.15) is 17.0 Å². The first kappa shape index (κ1) is 38.2. The highest BCUT2D eigenvalue weighted by atomic mass is 35.5. The van der Waals surface area contributed by atoms with E-state index in [1.807, 2.05) is 0 Å². The average Bonchev–Trinajstić information content (AvgIpc) is 3.61. The van der Waals surface area contributed by atoms with Gasteiger partial charge in [-0.3, -0.25) is 24.4 Å². The second-order valence-electron chi connectivity index (χ2n) is 12.0. The molecule has 17 heteroatoms. The number of hydrogen-bond donors (Lipinski definition) is 9. The zero-order valence-electron chi connectivity index (χ0n) is 28.8. The van der Waals surface area contributed by atoms with E-state index < -0.39 is 23.7 Å². The molecular weight excluding hydrogens is 747 g/mol. The van der Waals surface area contributed by atoms with Crippen molar-refractivity contribution in [1.29, 1.82) is 0 Å². The molecule has 55 heavy (non-hydrogen) atoms. The van der Waals surface area contributed by atoms with Crippen molar-refractivity contribution >= 4 is 62.9 Å². The number of H-pyrrole nitrogens is 3. The van der Waals surface area contributed by atoms with Gasteiger partial charge in [-0.25, -0.2) is 4.98 Å². The zero-order chi connectivity index (χ0) is 38.9. The summed E-state index contributed by atoms with van der Waals surface area (Å²) in [7, 11) is 0. The fourth-order valence-electron chi connectivity index (χ4n) is 5.46. The molecule has 10 N–H and O–H groups in total. The average molecular weight is 782 g/mol. The Hall–Kier alpha value is -6.52. The van der Waals surface area contributed by atoms with Gasteiger partial charge in [0.15, 0.2) is 0 Å². The van der Waals surface area contributed by atoms with Crippen LogP contribution in [0.1, 0.15) is 33.7 Å². The molecule has 2 unspecified atom stereocenters. The zero-order valence-corrected chi connectivity index (χ0v) is 30.3. The number of fused-ring (bicyclic) bond motifs is 1. The lowest BCUT2D eigenvalue weighted by molar-refractivity contribution is 0.102. The molecule has 15 nitrogen and oxygen atoms in total. The summed E-state index contributed by atoms with van der Waals surface area (Å²) in [6.45, 7) is 0.275. The molecule has 0 fully saturated rings. The fourth-order valence-corrected chi connectivity index (χ4v) is 5.86. The molecule has 5 heterocycles. The van der Waals surface area contributed by atoms with Crippen LogP contribution in [0.2, 0.25) is 10.0 Å². The molecule has 0 aliphatic rings. The molecule has 0 aliphatic heterocycles. The van der Waals surface area contributed by atoms with Crippen molar-refractivity contribution < 1.29 is 15.0 Å². The Labute approximate surface area is 322 Å². The Balaban J connectivity index is 0.000000187. The minimum Gasteiger partial charge on any atom is -0.397 e. The van der Waals surface area contributed by atoms with Crippen LogP contribution in [0, 0.1) is 0 Å². The number of anilines is 4. The van der Waals surface area contributed by atoms with E-state index in [1.165, 1.54) is 30.7 Å². The van der Waals surface area contributed by atoms with Gasteiger partial charge in [0.05, 0.1) is 58.4 Å². The van der Waals surface area contributed by atoms with E-state index in [-0.39, 0.29) is 29.9 Å². The molecule has 5 aromatic heterocycles. The number of carbonyl (C=O) groups excluding carboxylic acids is 1. The van der Waals surface area contributed by atoms with Gasteiger partial charge in [0.2, 0.25) is 0 Å². The number of carbonyl (C=O) groups is 1. The Bertz CT molecular complexity index is 2530. The summed E-state index contributed by atoms with van der Waals surface area (Å²) in [5, 5.41) is 30.4. The van der Waals surface area contributed by atoms with Crippen LogP contribution < -0.4 is 32.8 Å². The van der Waals surface area contributed by atoms with Crippen molar-refractivity contribution in [3.63, 3.8) is 0 Å². The predicted molar refractivity (Wildman–Crippen MR) is 213 cm³/mol. The van der Waals surface area contributed by atoms with E-state index in [0.717, 1.165) is 5.52 Å². The number of halogens is 2.